The molecule has 8 nitrogen and oxygen atoms in total. The summed E-state index contributed by atoms with van der Waals surface area (Å²) >= 11 is 0. The normalized spacial score (nSPS) is 11.3. The molecular weight excluding hydrogens is 416 g/mol. The minimum absolute atomic E-state index is 0.0136. The molecular formula is C24H34O8. The number of esters is 4. The van der Waals surface area contributed by atoms with Crippen LogP contribution < -0.4 is 0 Å². The maximum atomic E-state index is 12.7. The summed E-state index contributed by atoms with van der Waals surface area (Å²) in [7, 11) is 0. The van der Waals surface area contributed by atoms with Crippen LogP contribution >= 0.6 is 0 Å². The van der Waals surface area contributed by atoms with Crippen molar-refractivity contribution in [1.29, 1.82) is 0 Å². The predicted octanol–water partition coefficient (Wildman–Crippen LogP) is 3.15. The van der Waals surface area contributed by atoms with Gasteiger partial charge in [0.2, 0.25) is 0 Å². The summed E-state index contributed by atoms with van der Waals surface area (Å²) in [4.78, 5) is 50.6. The van der Waals surface area contributed by atoms with E-state index in [2.05, 4.69) is 12.5 Å². The lowest BCUT2D eigenvalue weighted by Gasteiger charge is -2.28. The molecule has 0 aliphatic carbocycles. The molecule has 0 fully saturated rings. The van der Waals surface area contributed by atoms with E-state index in [1.807, 2.05) is 0 Å². The van der Waals surface area contributed by atoms with Gasteiger partial charge in [-0.25, -0.2) is 0 Å². The summed E-state index contributed by atoms with van der Waals surface area (Å²) in [5.41, 5.74) is -3.36. The maximum absolute atomic E-state index is 12.7. The van der Waals surface area contributed by atoms with Crippen molar-refractivity contribution in [2.75, 3.05) is 26.4 Å². The Kier molecular flexibility index (Phi) is 13.4. The van der Waals surface area contributed by atoms with Gasteiger partial charge in [-0.1, -0.05) is 18.2 Å². The van der Waals surface area contributed by atoms with Gasteiger partial charge in [0.05, 0.1) is 26.4 Å². The van der Waals surface area contributed by atoms with Crippen molar-refractivity contribution in [3.63, 3.8) is 0 Å². The van der Waals surface area contributed by atoms with E-state index in [9.17, 15) is 19.2 Å². The van der Waals surface area contributed by atoms with Crippen molar-refractivity contribution in [3.8, 4) is 12.3 Å². The lowest BCUT2D eigenvalue weighted by Crippen LogP contribution is -2.42. The zero-order valence-corrected chi connectivity index (χ0v) is 19.4. The van der Waals surface area contributed by atoms with Gasteiger partial charge in [-0.2, -0.15) is 0 Å². The third-order valence-corrected chi connectivity index (χ3v) is 4.66. The first-order valence-corrected chi connectivity index (χ1v) is 10.6. The quantitative estimate of drug-likeness (QED) is 0.123. The molecule has 0 spiro atoms. The number of hydrogen-bond acceptors (Lipinski definition) is 8. The standard InChI is InChI=1S/C24H34O8/c1-7-15-23(19(25)29-9-3,20(26)30-10-4)17-13-14-18-24(16-8-2,21(27)31-11-5)22(28)32-12-6/h1,8,13-14H,2,9-12,15-18H2,3-6H3. The summed E-state index contributed by atoms with van der Waals surface area (Å²) in [6, 6.07) is 0. The smallest absolute Gasteiger partial charge is 0.324 e. The molecule has 0 radical (unpaired) electrons. The van der Waals surface area contributed by atoms with Crippen molar-refractivity contribution >= 4 is 23.9 Å². The van der Waals surface area contributed by atoms with E-state index >= 15 is 0 Å². The molecule has 0 aromatic carbocycles. The summed E-state index contributed by atoms with van der Waals surface area (Å²) in [6.45, 7) is 10.4. The first-order chi connectivity index (χ1) is 15.3. The summed E-state index contributed by atoms with van der Waals surface area (Å²) < 4.78 is 20.4. The SMILES string of the molecule is C#CCC(CC=CCC(CC=C)(C(=O)OCC)C(=O)OCC)(C(=O)OCC)C(=O)OCC. The van der Waals surface area contributed by atoms with Crippen LogP contribution in [0.5, 0.6) is 0 Å². The van der Waals surface area contributed by atoms with Gasteiger partial charge >= 0.3 is 23.9 Å². The highest BCUT2D eigenvalue weighted by molar-refractivity contribution is 6.01. The van der Waals surface area contributed by atoms with Gasteiger partial charge < -0.3 is 18.9 Å². The molecule has 8 heteroatoms. The van der Waals surface area contributed by atoms with Crippen molar-refractivity contribution in [1.82, 2.24) is 0 Å². The molecule has 0 saturated heterocycles. The Balaban J connectivity index is 6.03. The van der Waals surface area contributed by atoms with Crippen LogP contribution in [0.1, 0.15) is 53.4 Å². The van der Waals surface area contributed by atoms with E-state index in [0.29, 0.717) is 0 Å². The predicted molar refractivity (Wildman–Crippen MR) is 118 cm³/mol. The number of allylic oxidation sites excluding steroid dienone is 3. The van der Waals surface area contributed by atoms with E-state index in [4.69, 9.17) is 25.4 Å². The second-order valence-electron chi connectivity index (χ2n) is 6.80. The third-order valence-electron chi connectivity index (χ3n) is 4.66. The highest BCUT2D eigenvalue weighted by atomic mass is 16.6. The Morgan fingerprint density at radius 2 is 1.06 bits per heavy atom. The highest BCUT2D eigenvalue weighted by Crippen LogP contribution is 2.34. The van der Waals surface area contributed by atoms with Crippen molar-refractivity contribution in [2.24, 2.45) is 10.8 Å². The largest absolute Gasteiger partial charge is 0.465 e. The van der Waals surface area contributed by atoms with Crippen LogP contribution in [-0.2, 0) is 38.1 Å². The fourth-order valence-corrected chi connectivity index (χ4v) is 3.03. The average Bonchev–Trinajstić information content (AvgIpc) is 2.75. The monoisotopic (exact) mass is 450 g/mol. The summed E-state index contributed by atoms with van der Waals surface area (Å²) in [5.74, 6) is -0.740. The fourth-order valence-electron chi connectivity index (χ4n) is 3.03. The van der Waals surface area contributed by atoms with Gasteiger partial charge in [0.1, 0.15) is 0 Å². The minimum Gasteiger partial charge on any atom is -0.465 e. The van der Waals surface area contributed by atoms with Gasteiger partial charge in [-0.15, -0.1) is 18.9 Å². The molecule has 0 amide bonds. The molecule has 0 aromatic rings. The molecule has 0 heterocycles. The number of ether oxygens (including phenoxy) is 4. The van der Waals surface area contributed by atoms with E-state index < -0.39 is 34.7 Å². The lowest BCUT2D eigenvalue weighted by atomic mass is 9.78. The molecule has 0 aromatic heterocycles. The van der Waals surface area contributed by atoms with Crippen LogP contribution in [0.2, 0.25) is 0 Å². The average molecular weight is 451 g/mol. The van der Waals surface area contributed by atoms with Gasteiger partial charge in [-0.05, 0) is 47.0 Å². The van der Waals surface area contributed by atoms with Gasteiger partial charge in [0, 0.05) is 6.42 Å². The Hall–Kier alpha value is -3.08. The molecule has 0 aliphatic heterocycles. The molecule has 0 saturated carbocycles. The Bertz CT molecular complexity index is 693. The first-order valence-electron chi connectivity index (χ1n) is 10.6. The second-order valence-corrected chi connectivity index (χ2v) is 6.80. The highest BCUT2D eigenvalue weighted by Gasteiger charge is 2.49. The van der Waals surface area contributed by atoms with Gasteiger partial charge in [-0.3, -0.25) is 19.2 Å². The molecule has 0 N–H and O–H groups in total. The van der Waals surface area contributed by atoms with Crippen LogP contribution in [0.25, 0.3) is 0 Å². The molecule has 0 rings (SSSR count). The van der Waals surface area contributed by atoms with E-state index in [1.165, 1.54) is 18.2 Å². The van der Waals surface area contributed by atoms with E-state index in [0.717, 1.165) is 0 Å². The van der Waals surface area contributed by atoms with Gasteiger partial charge in [0.15, 0.2) is 10.8 Å². The molecule has 32 heavy (non-hydrogen) atoms. The molecule has 178 valence electrons. The van der Waals surface area contributed by atoms with Crippen LogP contribution in [0.3, 0.4) is 0 Å². The van der Waals surface area contributed by atoms with Crippen LogP contribution in [-0.4, -0.2) is 50.3 Å². The van der Waals surface area contributed by atoms with Crippen LogP contribution in [0.15, 0.2) is 24.8 Å². The van der Waals surface area contributed by atoms with Gasteiger partial charge in [0.25, 0.3) is 0 Å². The molecule has 0 bridgehead atoms. The third kappa shape index (κ3) is 7.26. The number of terminal acetylenes is 1. The van der Waals surface area contributed by atoms with Crippen molar-refractivity contribution in [3.05, 3.63) is 24.8 Å². The summed E-state index contributed by atoms with van der Waals surface area (Å²) in [6.07, 6.45) is 9.40. The number of carbonyl (C=O) groups excluding carboxylic acids is 4. The summed E-state index contributed by atoms with van der Waals surface area (Å²) in [5, 5.41) is 0. The zero-order chi connectivity index (χ0) is 24.6. The van der Waals surface area contributed by atoms with Crippen LogP contribution in [0.4, 0.5) is 0 Å². The lowest BCUT2D eigenvalue weighted by molar-refractivity contribution is -0.173. The van der Waals surface area contributed by atoms with Crippen molar-refractivity contribution in [2.45, 2.75) is 53.4 Å². The fraction of sp³-hybridized carbons (Fsp3) is 0.583. The number of rotatable bonds is 15. The van der Waals surface area contributed by atoms with E-state index in [-0.39, 0.29) is 52.1 Å². The second kappa shape index (κ2) is 14.8. The Labute approximate surface area is 190 Å². The van der Waals surface area contributed by atoms with Crippen molar-refractivity contribution < 1.29 is 38.1 Å². The Morgan fingerprint density at radius 1 is 0.719 bits per heavy atom. The van der Waals surface area contributed by atoms with Crippen LogP contribution in [0, 0.1) is 23.2 Å². The molecule has 0 unspecified atom stereocenters. The maximum Gasteiger partial charge on any atom is 0.324 e. The van der Waals surface area contributed by atoms with E-state index in [1.54, 1.807) is 27.7 Å². The topological polar surface area (TPSA) is 105 Å². The molecule has 0 atom stereocenters. The number of carbonyl (C=O) groups is 4. The zero-order valence-electron chi connectivity index (χ0n) is 19.4. The first kappa shape index (κ1) is 28.9. The molecule has 0 aliphatic rings. The number of hydrogen-bond donors (Lipinski definition) is 0. The Morgan fingerprint density at radius 3 is 1.38 bits per heavy atom. The minimum atomic E-state index is -1.73.